The Morgan fingerprint density at radius 2 is 1.69 bits per heavy atom. The molecule has 154 valence electrons. The van der Waals surface area contributed by atoms with Gasteiger partial charge in [-0.15, -0.1) is 11.8 Å². The smallest absolute Gasteiger partial charge is 0.307 e. The molecule has 0 aliphatic heterocycles. The first-order chi connectivity index (χ1) is 13.8. The maximum absolute atomic E-state index is 12.8. The monoisotopic (exact) mass is 417 g/mol. The highest BCUT2D eigenvalue weighted by Gasteiger charge is 2.11. The number of carbonyl (C=O) groups excluding carboxylic acids is 3. The van der Waals surface area contributed by atoms with Crippen LogP contribution >= 0.6 is 11.8 Å². The van der Waals surface area contributed by atoms with Gasteiger partial charge in [0.05, 0.1) is 6.42 Å². The molecule has 1 amide bonds. The summed E-state index contributed by atoms with van der Waals surface area (Å²) in [6.07, 6.45) is 0.576. The zero-order valence-electron chi connectivity index (χ0n) is 16.4. The topological polar surface area (TPSA) is 72.5 Å². The summed E-state index contributed by atoms with van der Waals surface area (Å²) >= 11 is 1.41. The van der Waals surface area contributed by atoms with Crippen LogP contribution in [0, 0.1) is 11.7 Å². The maximum atomic E-state index is 12.8. The summed E-state index contributed by atoms with van der Waals surface area (Å²) < 4.78 is 17.9. The average Bonchev–Trinajstić information content (AvgIpc) is 2.67. The van der Waals surface area contributed by atoms with Crippen molar-refractivity contribution in [2.24, 2.45) is 5.92 Å². The van der Waals surface area contributed by atoms with Gasteiger partial charge in [0.2, 0.25) is 5.91 Å². The quantitative estimate of drug-likeness (QED) is 0.344. The van der Waals surface area contributed by atoms with Crippen molar-refractivity contribution in [1.29, 1.82) is 0 Å². The molecule has 0 saturated carbocycles. The van der Waals surface area contributed by atoms with E-state index in [1.807, 2.05) is 13.8 Å². The number of nitrogens with one attached hydrogen (secondary N) is 1. The van der Waals surface area contributed by atoms with Crippen molar-refractivity contribution >= 4 is 35.1 Å². The average molecular weight is 418 g/mol. The first-order valence-corrected chi connectivity index (χ1v) is 10.3. The first kappa shape index (κ1) is 22.6. The zero-order valence-corrected chi connectivity index (χ0v) is 17.3. The summed E-state index contributed by atoms with van der Waals surface area (Å²) in [6.45, 7) is 3.59. The molecule has 0 bridgehead atoms. The fraction of sp³-hybridized carbons (Fsp3) is 0.318. The van der Waals surface area contributed by atoms with Crippen LogP contribution < -0.4 is 5.32 Å². The number of Topliss-reactive ketones (excluding diaryl/α,β-unsaturated/α-hetero) is 1. The minimum absolute atomic E-state index is 0.0773. The van der Waals surface area contributed by atoms with Gasteiger partial charge >= 0.3 is 5.97 Å². The van der Waals surface area contributed by atoms with Crippen molar-refractivity contribution in [2.45, 2.75) is 31.6 Å². The van der Waals surface area contributed by atoms with E-state index in [1.54, 1.807) is 36.4 Å². The fourth-order valence-electron chi connectivity index (χ4n) is 2.41. The summed E-state index contributed by atoms with van der Waals surface area (Å²) in [7, 11) is 0. The Bertz CT molecular complexity index is 835. The first-order valence-electron chi connectivity index (χ1n) is 9.30. The van der Waals surface area contributed by atoms with Gasteiger partial charge < -0.3 is 10.1 Å². The number of amides is 1. The number of hydrogen-bond acceptors (Lipinski definition) is 5. The summed E-state index contributed by atoms with van der Waals surface area (Å²) in [5, 5.41) is 2.77. The molecule has 0 aliphatic rings. The highest BCUT2D eigenvalue weighted by molar-refractivity contribution is 7.99. The van der Waals surface area contributed by atoms with Crippen molar-refractivity contribution in [1.82, 2.24) is 0 Å². The number of halogens is 1. The molecule has 0 aromatic heterocycles. The van der Waals surface area contributed by atoms with E-state index in [0.29, 0.717) is 23.4 Å². The molecule has 0 radical (unpaired) electrons. The van der Waals surface area contributed by atoms with Gasteiger partial charge in [-0.25, -0.2) is 4.39 Å². The number of benzene rings is 2. The van der Waals surface area contributed by atoms with Crippen LogP contribution in [0.4, 0.5) is 10.1 Å². The summed E-state index contributed by atoms with van der Waals surface area (Å²) in [5.41, 5.74) is 1.02. The Hall–Kier alpha value is -2.67. The summed E-state index contributed by atoms with van der Waals surface area (Å²) in [4.78, 5) is 36.6. The number of rotatable bonds is 10. The van der Waals surface area contributed by atoms with Crippen LogP contribution in [-0.4, -0.2) is 30.0 Å². The minimum Gasteiger partial charge on any atom is -0.457 e. The van der Waals surface area contributed by atoms with Gasteiger partial charge in [-0.3, -0.25) is 14.4 Å². The number of carbonyl (C=O) groups is 3. The SMILES string of the molecule is CC(C)CC(=O)Nc1ccc(C(=O)COC(=O)CCSc2ccc(F)cc2)cc1. The lowest BCUT2D eigenvalue weighted by atomic mass is 10.1. The van der Waals surface area contributed by atoms with Gasteiger partial charge in [-0.2, -0.15) is 0 Å². The Kier molecular flexibility index (Phi) is 8.86. The number of anilines is 1. The second kappa shape index (κ2) is 11.4. The molecule has 1 N–H and O–H groups in total. The Labute approximate surface area is 174 Å². The molecular weight excluding hydrogens is 393 g/mol. The molecule has 0 unspecified atom stereocenters. The molecular formula is C22H24FNO4S. The third kappa shape index (κ3) is 8.48. The molecule has 2 aromatic rings. The zero-order chi connectivity index (χ0) is 21.2. The van der Waals surface area contributed by atoms with E-state index >= 15 is 0 Å². The summed E-state index contributed by atoms with van der Waals surface area (Å²) in [6, 6.07) is 12.5. The molecule has 0 aliphatic carbocycles. The van der Waals surface area contributed by atoms with Crippen LogP contribution in [-0.2, 0) is 14.3 Å². The second-order valence-corrected chi connectivity index (χ2v) is 8.03. The molecule has 2 aromatic carbocycles. The van der Waals surface area contributed by atoms with Gasteiger partial charge in [-0.1, -0.05) is 13.8 Å². The normalized spacial score (nSPS) is 10.6. The molecule has 29 heavy (non-hydrogen) atoms. The predicted octanol–water partition coefficient (Wildman–Crippen LogP) is 4.72. The van der Waals surface area contributed by atoms with Crippen LogP contribution in [0.25, 0.3) is 0 Å². The van der Waals surface area contributed by atoms with Crippen LogP contribution in [0.3, 0.4) is 0 Å². The number of hydrogen-bond donors (Lipinski definition) is 1. The van der Waals surface area contributed by atoms with Crippen molar-refractivity contribution in [3.63, 3.8) is 0 Å². The van der Waals surface area contributed by atoms with Crippen LogP contribution in [0.5, 0.6) is 0 Å². The van der Waals surface area contributed by atoms with Gasteiger partial charge in [0.15, 0.2) is 12.4 Å². The highest BCUT2D eigenvalue weighted by atomic mass is 32.2. The van der Waals surface area contributed by atoms with Crippen molar-refractivity contribution in [2.75, 3.05) is 17.7 Å². The van der Waals surface area contributed by atoms with E-state index in [0.717, 1.165) is 4.90 Å². The number of thioether (sulfide) groups is 1. The van der Waals surface area contributed by atoms with Gasteiger partial charge in [-0.05, 0) is 54.4 Å². The van der Waals surface area contributed by atoms with E-state index in [4.69, 9.17) is 4.74 Å². The molecule has 0 spiro atoms. The molecule has 0 heterocycles. The Morgan fingerprint density at radius 1 is 1.03 bits per heavy atom. The minimum atomic E-state index is -0.467. The number of esters is 1. The van der Waals surface area contributed by atoms with Gasteiger partial charge in [0.25, 0.3) is 0 Å². The predicted molar refractivity (Wildman–Crippen MR) is 112 cm³/mol. The highest BCUT2D eigenvalue weighted by Crippen LogP contribution is 2.19. The number of ether oxygens (including phenoxy) is 1. The molecule has 2 rings (SSSR count). The maximum Gasteiger partial charge on any atom is 0.307 e. The van der Waals surface area contributed by atoms with E-state index in [2.05, 4.69) is 5.32 Å². The van der Waals surface area contributed by atoms with Crippen molar-refractivity contribution < 1.29 is 23.5 Å². The lowest BCUT2D eigenvalue weighted by Crippen LogP contribution is -2.15. The van der Waals surface area contributed by atoms with Crippen molar-refractivity contribution in [3.05, 3.63) is 59.9 Å². The molecule has 5 nitrogen and oxygen atoms in total. The number of ketones is 1. The van der Waals surface area contributed by atoms with Crippen molar-refractivity contribution in [3.8, 4) is 0 Å². The molecule has 0 saturated heterocycles. The van der Waals surface area contributed by atoms with Crippen LogP contribution in [0.1, 0.15) is 37.0 Å². The molecule has 0 atom stereocenters. The van der Waals surface area contributed by atoms with Crippen LogP contribution in [0.15, 0.2) is 53.4 Å². The summed E-state index contributed by atoms with van der Waals surface area (Å²) in [5.74, 6) is -0.428. The third-order valence-electron chi connectivity index (χ3n) is 3.84. The largest absolute Gasteiger partial charge is 0.457 e. The standard InChI is InChI=1S/C22H24FNO4S/c1-15(2)13-21(26)24-18-7-3-16(4-8-18)20(25)14-28-22(27)11-12-29-19-9-5-17(23)6-10-19/h3-10,15H,11-14H2,1-2H3,(H,24,26). The van der Waals surface area contributed by atoms with E-state index in [-0.39, 0.29) is 36.5 Å². The van der Waals surface area contributed by atoms with E-state index in [9.17, 15) is 18.8 Å². The Balaban J connectivity index is 1.71. The van der Waals surface area contributed by atoms with E-state index < -0.39 is 5.97 Å². The lowest BCUT2D eigenvalue weighted by molar-refractivity contribution is -0.142. The Morgan fingerprint density at radius 3 is 2.31 bits per heavy atom. The molecule has 7 heteroatoms. The van der Waals surface area contributed by atoms with Gasteiger partial charge in [0.1, 0.15) is 5.82 Å². The third-order valence-corrected chi connectivity index (χ3v) is 4.85. The lowest BCUT2D eigenvalue weighted by Gasteiger charge is -2.08. The fourth-order valence-corrected chi connectivity index (χ4v) is 3.24. The van der Waals surface area contributed by atoms with Gasteiger partial charge in [0, 0.05) is 28.3 Å². The molecule has 0 fully saturated rings. The second-order valence-electron chi connectivity index (χ2n) is 6.86. The van der Waals surface area contributed by atoms with Crippen LogP contribution in [0.2, 0.25) is 0 Å². The van der Waals surface area contributed by atoms with E-state index in [1.165, 1.54) is 23.9 Å².